The average molecular weight is 107 g/mol. The van der Waals surface area contributed by atoms with Crippen LogP contribution < -0.4 is 5.73 Å². The summed E-state index contributed by atoms with van der Waals surface area (Å²) in [5.74, 6) is 0. The highest BCUT2D eigenvalue weighted by Crippen LogP contribution is 2.04. The number of hydrogen-bond acceptors (Lipinski definition) is 1. The third-order valence-corrected chi connectivity index (χ3v) is 1.09. The number of hydrogen-bond donors (Lipinski definition) is 1. The van der Waals surface area contributed by atoms with E-state index in [9.17, 15) is 0 Å². The molecule has 0 spiro atoms. The molecule has 1 rings (SSSR count). The van der Waals surface area contributed by atoms with Crippen LogP contribution in [0.2, 0.25) is 0 Å². The van der Waals surface area contributed by atoms with Crippen molar-refractivity contribution in [2.75, 3.05) is 0 Å². The fourth-order valence-corrected chi connectivity index (χ4v) is 0.653. The summed E-state index contributed by atoms with van der Waals surface area (Å²) in [5, 5.41) is 0. The first kappa shape index (κ1) is 5.16. The van der Waals surface area contributed by atoms with Gasteiger partial charge in [0.25, 0.3) is 0 Å². The summed E-state index contributed by atoms with van der Waals surface area (Å²) in [6, 6.07) is 0. The van der Waals surface area contributed by atoms with Gasteiger partial charge in [0.2, 0.25) is 0 Å². The fourth-order valence-electron chi connectivity index (χ4n) is 0.653. The van der Waals surface area contributed by atoms with E-state index in [-0.39, 0.29) is 0 Å². The van der Waals surface area contributed by atoms with Gasteiger partial charge in [-0.3, -0.25) is 0 Å². The van der Waals surface area contributed by atoms with Crippen molar-refractivity contribution in [1.82, 2.24) is 0 Å². The Morgan fingerprint density at radius 3 is 2.38 bits per heavy atom. The summed E-state index contributed by atoms with van der Waals surface area (Å²) >= 11 is 0. The molecule has 2 N–H and O–H groups in total. The van der Waals surface area contributed by atoms with E-state index in [2.05, 4.69) is 12.2 Å². The Morgan fingerprint density at radius 2 is 2.00 bits per heavy atom. The van der Waals surface area contributed by atoms with Crippen molar-refractivity contribution >= 4 is 0 Å². The number of allylic oxidation sites excluding steroid dienone is 5. The maximum atomic E-state index is 5.24. The Hall–Kier alpha value is -0.980. The normalized spacial score (nSPS) is 16.8. The van der Waals surface area contributed by atoms with E-state index < -0.39 is 0 Å². The zero-order chi connectivity index (χ0) is 5.82. The molecular formula is C7H9N. The lowest BCUT2D eigenvalue weighted by Gasteiger charge is -1.95. The van der Waals surface area contributed by atoms with Crippen molar-refractivity contribution in [2.45, 2.75) is 6.42 Å². The van der Waals surface area contributed by atoms with Gasteiger partial charge in [-0.2, -0.15) is 0 Å². The Morgan fingerprint density at radius 1 is 1.38 bits per heavy atom. The standard InChI is InChI=1S/C7H9N/c8-6-7-4-2-1-3-5-7/h2-6H,1,8H2. The second-order valence-corrected chi connectivity index (χ2v) is 1.71. The van der Waals surface area contributed by atoms with Crippen LogP contribution >= 0.6 is 0 Å². The first-order valence-corrected chi connectivity index (χ1v) is 2.68. The van der Waals surface area contributed by atoms with E-state index in [1.807, 2.05) is 12.2 Å². The summed E-state index contributed by atoms with van der Waals surface area (Å²) < 4.78 is 0. The lowest BCUT2D eigenvalue weighted by molar-refractivity contribution is 1.33. The van der Waals surface area contributed by atoms with Crippen molar-refractivity contribution in [3.63, 3.8) is 0 Å². The van der Waals surface area contributed by atoms with E-state index in [4.69, 9.17) is 5.73 Å². The largest absolute Gasteiger partial charge is 0.404 e. The third-order valence-electron chi connectivity index (χ3n) is 1.09. The van der Waals surface area contributed by atoms with E-state index >= 15 is 0 Å². The van der Waals surface area contributed by atoms with Crippen LogP contribution in [0.25, 0.3) is 0 Å². The number of nitrogens with two attached hydrogens (primary N) is 1. The molecular weight excluding hydrogens is 98.1 g/mol. The SMILES string of the molecule is NC=C1C=CCC=C1. The van der Waals surface area contributed by atoms with E-state index in [1.165, 1.54) is 0 Å². The first-order chi connectivity index (χ1) is 3.93. The van der Waals surface area contributed by atoms with Gasteiger partial charge >= 0.3 is 0 Å². The summed E-state index contributed by atoms with van der Waals surface area (Å²) in [6.45, 7) is 0. The lowest BCUT2D eigenvalue weighted by Crippen LogP contribution is -1.84. The molecule has 0 heterocycles. The van der Waals surface area contributed by atoms with Crippen LogP contribution in [0.5, 0.6) is 0 Å². The summed E-state index contributed by atoms with van der Waals surface area (Å²) in [7, 11) is 0. The molecule has 0 saturated heterocycles. The molecule has 0 radical (unpaired) electrons. The Kier molecular flexibility index (Phi) is 1.52. The molecule has 42 valence electrons. The van der Waals surface area contributed by atoms with Crippen molar-refractivity contribution in [3.8, 4) is 0 Å². The van der Waals surface area contributed by atoms with Crippen LogP contribution in [0.3, 0.4) is 0 Å². The van der Waals surface area contributed by atoms with Crippen LogP contribution in [0.4, 0.5) is 0 Å². The molecule has 1 nitrogen and oxygen atoms in total. The minimum Gasteiger partial charge on any atom is -0.404 e. The van der Waals surface area contributed by atoms with Crippen molar-refractivity contribution < 1.29 is 0 Å². The predicted octanol–water partition coefficient (Wildman–Crippen LogP) is 1.35. The molecule has 0 saturated carbocycles. The molecule has 1 aliphatic carbocycles. The minimum absolute atomic E-state index is 1.04. The molecule has 8 heavy (non-hydrogen) atoms. The molecule has 0 atom stereocenters. The van der Waals surface area contributed by atoms with Gasteiger partial charge in [-0.1, -0.05) is 24.3 Å². The maximum absolute atomic E-state index is 5.24. The van der Waals surface area contributed by atoms with Crippen LogP contribution in [0, 0.1) is 0 Å². The highest BCUT2D eigenvalue weighted by atomic mass is 14.5. The van der Waals surface area contributed by atoms with Crippen molar-refractivity contribution in [3.05, 3.63) is 36.1 Å². The van der Waals surface area contributed by atoms with Crippen molar-refractivity contribution in [2.24, 2.45) is 5.73 Å². The smallest absolute Gasteiger partial charge is 0.00112 e. The Balaban J connectivity index is 2.69. The van der Waals surface area contributed by atoms with Crippen LogP contribution in [0.15, 0.2) is 36.1 Å². The zero-order valence-electron chi connectivity index (χ0n) is 4.67. The summed E-state index contributed by atoms with van der Waals surface area (Å²) in [6.07, 6.45) is 10.8. The monoisotopic (exact) mass is 107 g/mol. The molecule has 0 aromatic heterocycles. The second kappa shape index (κ2) is 2.36. The predicted molar refractivity (Wildman–Crippen MR) is 35.2 cm³/mol. The molecule has 1 aliphatic rings. The molecule has 0 aromatic carbocycles. The Bertz CT molecular complexity index is 138. The van der Waals surface area contributed by atoms with Gasteiger partial charge in [0.15, 0.2) is 0 Å². The molecule has 0 aromatic rings. The molecule has 0 unspecified atom stereocenters. The van der Waals surface area contributed by atoms with E-state index in [0.717, 1.165) is 12.0 Å². The highest BCUT2D eigenvalue weighted by molar-refractivity contribution is 5.33. The first-order valence-electron chi connectivity index (χ1n) is 2.68. The van der Waals surface area contributed by atoms with Crippen LogP contribution in [-0.4, -0.2) is 0 Å². The summed E-state index contributed by atoms with van der Waals surface area (Å²) in [5.41, 5.74) is 6.33. The average Bonchev–Trinajstić information content (AvgIpc) is 1.90. The van der Waals surface area contributed by atoms with E-state index in [0.29, 0.717) is 0 Å². The maximum Gasteiger partial charge on any atom is 0.00112 e. The highest BCUT2D eigenvalue weighted by Gasteiger charge is 1.86. The van der Waals surface area contributed by atoms with Crippen LogP contribution in [0.1, 0.15) is 6.42 Å². The number of rotatable bonds is 0. The summed E-state index contributed by atoms with van der Waals surface area (Å²) in [4.78, 5) is 0. The van der Waals surface area contributed by atoms with Crippen LogP contribution in [-0.2, 0) is 0 Å². The minimum atomic E-state index is 1.04. The van der Waals surface area contributed by atoms with Gasteiger partial charge in [-0.25, -0.2) is 0 Å². The lowest BCUT2D eigenvalue weighted by atomic mass is 10.1. The van der Waals surface area contributed by atoms with Gasteiger partial charge in [0.1, 0.15) is 0 Å². The van der Waals surface area contributed by atoms with Crippen molar-refractivity contribution in [1.29, 1.82) is 0 Å². The quantitative estimate of drug-likeness (QED) is 0.496. The second-order valence-electron chi connectivity index (χ2n) is 1.71. The molecule has 0 bridgehead atoms. The molecule has 0 aliphatic heterocycles. The van der Waals surface area contributed by atoms with Gasteiger partial charge in [0.05, 0.1) is 0 Å². The van der Waals surface area contributed by atoms with E-state index in [1.54, 1.807) is 6.20 Å². The molecule has 0 amide bonds. The topological polar surface area (TPSA) is 26.0 Å². The molecule has 1 heteroatoms. The Labute approximate surface area is 49.2 Å². The molecule has 0 fully saturated rings. The zero-order valence-corrected chi connectivity index (χ0v) is 4.67. The van der Waals surface area contributed by atoms with Gasteiger partial charge in [-0.05, 0) is 12.0 Å². The van der Waals surface area contributed by atoms with Gasteiger partial charge < -0.3 is 5.73 Å². The third kappa shape index (κ3) is 0.997. The fraction of sp³-hybridized carbons (Fsp3) is 0.143. The van der Waals surface area contributed by atoms with Gasteiger partial charge in [0, 0.05) is 6.20 Å². The van der Waals surface area contributed by atoms with Gasteiger partial charge in [-0.15, -0.1) is 0 Å².